The lowest BCUT2D eigenvalue weighted by Gasteiger charge is -2.27. The summed E-state index contributed by atoms with van der Waals surface area (Å²) in [5.74, 6) is 3.17. The molecule has 0 spiro atoms. The highest BCUT2D eigenvalue weighted by atomic mass is 16.5. The van der Waals surface area contributed by atoms with E-state index in [9.17, 15) is 0 Å². The van der Waals surface area contributed by atoms with Crippen molar-refractivity contribution in [2.24, 2.45) is 5.92 Å². The smallest absolute Gasteiger partial charge is 0.258 e. The molecule has 0 atom stereocenters. The lowest BCUT2D eigenvalue weighted by Crippen LogP contribution is -3.11. The van der Waals surface area contributed by atoms with Crippen LogP contribution in [-0.2, 0) is 6.54 Å². The van der Waals surface area contributed by atoms with Gasteiger partial charge >= 0.3 is 0 Å². The molecule has 1 aromatic heterocycles. The first-order valence-corrected chi connectivity index (χ1v) is 8.50. The van der Waals surface area contributed by atoms with Crippen molar-refractivity contribution >= 4 is 0 Å². The fourth-order valence-corrected chi connectivity index (χ4v) is 3.35. The minimum Gasteiger partial charge on any atom is -0.496 e. The Morgan fingerprint density at radius 1 is 1.30 bits per heavy atom. The summed E-state index contributed by atoms with van der Waals surface area (Å²) < 4.78 is 10.7. The zero-order valence-electron chi connectivity index (χ0n) is 14.3. The van der Waals surface area contributed by atoms with Gasteiger partial charge in [-0.25, -0.2) is 0 Å². The first kappa shape index (κ1) is 16.0. The molecule has 0 aliphatic carbocycles. The number of rotatable bonds is 5. The van der Waals surface area contributed by atoms with E-state index in [2.05, 4.69) is 17.1 Å². The van der Waals surface area contributed by atoms with Crippen LogP contribution in [0.4, 0.5) is 0 Å². The molecule has 0 bridgehead atoms. The van der Waals surface area contributed by atoms with Crippen LogP contribution in [0, 0.1) is 12.8 Å². The number of hydrogen-bond donors (Lipinski definition) is 1. The molecule has 1 aromatic carbocycles. The number of aryl methyl sites for hydroxylation is 1. The summed E-state index contributed by atoms with van der Waals surface area (Å²) in [7, 11) is 1.68. The number of likely N-dealkylation sites (tertiary alicyclic amines) is 1. The minimum absolute atomic E-state index is 0.591. The van der Waals surface area contributed by atoms with Crippen molar-refractivity contribution in [3.05, 3.63) is 29.6 Å². The van der Waals surface area contributed by atoms with Crippen LogP contribution in [-0.4, -0.2) is 30.3 Å². The summed E-state index contributed by atoms with van der Waals surface area (Å²) in [5.41, 5.74) is 2.01. The van der Waals surface area contributed by atoms with Gasteiger partial charge in [-0.05, 0) is 49.4 Å². The van der Waals surface area contributed by atoms with Gasteiger partial charge in [0.2, 0.25) is 5.82 Å². The molecule has 1 aliphatic heterocycles. The Bertz CT molecular complexity index is 645. The number of quaternary nitrogens is 1. The molecule has 2 aromatic rings. The molecule has 3 rings (SSSR count). The van der Waals surface area contributed by atoms with Crippen molar-refractivity contribution in [1.82, 2.24) is 10.1 Å². The number of piperidine rings is 1. The van der Waals surface area contributed by atoms with Crippen LogP contribution >= 0.6 is 0 Å². The van der Waals surface area contributed by atoms with Crippen molar-refractivity contribution < 1.29 is 14.2 Å². The van der Waals surface area contributed by atoms with Gasteiger partial charge in [0.15, 0.2) is 0 Å². The maximum Gasteiger partial charge on any atom is 0.258 e. The van der Waals surface area contributed by atoms with Gasteiger partial charge in [0.1, 0.15) is 12.3 Å². The molecule has 1 fully saturated rings. The highest BCUT2D eigenvalue weighted by Crippen LogP contribution is 2.24. The normalized spacial score (nSPS) is 21.3. The molecule has 0 radical (unpaired) electrons. The Morgan fingerprint density at radius 2 is 2.09 bits per heavy atom. The van der Waals surface area contributed by atoms with Gasteiger partial charge in [0.25, 0.3) is 5.89 Å². The van der Waals surface area contributed by atoms with Crippen LogP contribution in [0.5, 0.6) is 5.75 Å². The van der Waals surface area contributed by atoms with Crippen molar-refractivity contribution in [2.75, 3.05) is 20.2 Å². The second-order valence-corrected chi connectivity index (χ2v) is 6.48. The Balaban J connectivity index is 1.65. The second-order valence-electron chi connectivity index (χ2n) is 6.48. The summed E-state index contributed by atoms with van der Waals surface area (Å²) in [4.78, 5) is 6.13. The lowest BCUT2D eigenvalue weighted by atomic mass is 9.94. The standard InChI is InChI=1S/C18H25N3O2/c1-4-14-7-9-21(10-8-14)12-17-19-18(23-20-17)15-5-6-16(22-3)13(2)11-15/h5-6,11,14H,4,7-10,12H2,1-3H3/p+1. The molecular formula is C18H26N3O2+. The Hall–Kier alpha value is -1.88. The number of ether oxygens (including phenoxy) is 1. The van der Waals surface area contributed by atoms with Crippen molar-refractivity contribution in [3.63, 3.8) is 0 Å². The Labute approximate surface area is 137 Å². The van der Waals surface area contributed by atoms with E-state index in [4.69, 9.17) is 9.26 Å². The molecule has 5 nitrogen and oxygen atoms in total. The van der Waals surface area contributed by atoms with E-state index in [0.29, 0.717) is 5.89 Å². The van der Waals surface area contributed by atoms with E-state index in [-0.39, 0.29) is 0 Å². The van der Waals surface area contributed by atoms with E-state index < -0.39 is 0 Å². The molecule has 0 amide bonds. The highest BCUT2D eigenvalue weighted by molar-refractivity contribution is 5.56. The number of benzene rings is 1. The molecule has 124 valence electrons. The first-order chi connectivity index (χ1) is 11.2. The highest BCUT2D eigenvalue weighted by Gasteiger charge is 2.22. The minimum atomic E-state index is 0.591. The third kappa shape index (κ3) is 3.72. The predicted molar refractivity (Wildman–Crippen MR) is 88.4 cm³/mol. The number of nitrogens with one attached hydrogen (secondary N) is 1. The Kier molecular flexibility index (Phi) is 4.96. The van der Waals surface area contributed by atoms with Gasteiger partial charge in [-0.15, -0.1) is 0 Å². The van der Waals surface area contributed by atoms with Gasteiger partial charge in [0.05, 0.1) is 20.2 Å². The number of aromatic nitrogens is 2. The summed E-state index contributed by atoms with van der Waals surface area (Å²) in [6.45, 7) is 7.59. The van der Waals surface area contributed by atoms with Crippen LogP contribution in [0.15, 0.2) is 22.7 Å². The molecule has 1 saturated heterocycles. The Morgan fingerprint density at radius 3 is 2.74 bits per heavy atom. The van der Waals surface area contributed by atoms with Crippen LogP contribution in [0.3, 0.4) is 0 Å². The third-order valence-corrected chi connectivity index (χ3v) is 4.91. The molecule has 1 N–H and O–H groups in total. The first-order valence-electron chi connectivity index (χ1n) is 8.50. The van der Waals surface area contributed by atoms with Crippen molar-refractivity contribution in [3.8, 4) is 17.2 Å². The molecule has 0 saturated carbocycles. The fraction of sp³-hybridized carbons (Fsp3) is 0.556. The van der Waals surface area contributed by atoms with Gasteiger partial charge in [0, 0.05) is 5.56 Å². The van der Waals surface area contributed by atoms with Gasteiger partial charge < -0.3 is 14.2 Å². The average Bonchev–Trinajstić information content (AvgIpc) is 3.04. The maximum absolute atomic E-state index is 5.45. The van der Waals surface area contributed by atoms with Crippen LogP contribution in [0.1, 0.15) is 37.6 Å². The SMILES string of the molecule is CCC1CC[NH+](Cc2noc(-c3ccc(OC)c(C)c3)n2)CC1. The molecule has 2 heterocycles. The topological polar surface area (TPSA) is 52.6 Å². The average molecular weight is 316 g/mol. The van der Waals surface area contributed by atoms with Crippen molar-refractivity contribution in [2.45, 2.75) is 39.7 Å². The zero-order valence-corrected chi connectivity index (χ0v) is 14.3. The number of hydrogen-bond acceptors (Lipinski definition) is 4. The molecule has 5 heteroatoms. The van der Waals surface area contributed by atoms with Crippen molar-refractivity contribution in [1.29, 1.82) is 0 Å². The summed E-state index contributed by atoms with van der Waals surface area (Å²) in [6, 6.07) is 5.92. The second kappa shape index (κ2) is 7.13. The predicted octanol–water partition coefficient (Wildman–Crippen LogP) is 2.26. The molecular weight excluding hydrogens is 290 g/mol. The molecule has 23 heavy (non-hydrogen) atoms. The number of methoxy groups -OCH3 is 1. The van der Waals surface area contributed by atoms with E-state index in [1.807, 2.05) is 25.1 Å². The fourth-order valence-electron chi connectivity index (χ4n) is 3.35. The lowest BCUT2D eigenvalue weighted by molar-refractivity contribution is -0.920. The van der Waals surface area contributed by atoms with Crippen LogP contribution in [0.2, 0.25) is 0 Å². The van der Waals surface area contributed by atoms with E-state index >= 15 is 0 Å². The monoisotopic (exact) mass is 316 g/mol. The summed E-state index contributed by atoms with van der Waals surface area (Å²) >= 11 is 0. The third-order valence-electron chi connectivity index (χ3n) is 4.91. The van der Waals surface area contributed by atoms with Gasteiger partial charge in [-0.3, -0.25) is 0 Å². The van der Waals surface area contributed by atoms with Gasteiger partial charge in [-0.2, -0.15) is 4.98 Å². The van der Waals surface area contributed by atoms with E-state index in [1.165, 1.54) is 32.4 Å². The molecule has 1 aliphatic rings. The van der Waals surface area contributed by atoms with Gasteiger partial charge in [-0.1, -0.05) is 18.5 Å². The van der Waals surface area contributed by atoms with E-state index in [1.54, 1.807) is 12.0 Å². The zero-order chi connectivity index (χ0) is 16.2. The maximum atomic E-state index is 5.45. The summed E-state index contributed by atoms with van der Waals surface area (Å²) in [5, 5.41) is 4.16. The van der Waals surface area contributed by atoms with E-state index in [0.717, 1.165) is 35.2 Å². The molecule has 0 unspecified atom stereocenters. The van der Waals surface area contributed by atoms with Crippen LogP contribution in [0.25, 0.3) is 11.5 Å². The summed E-state index contributed by atoms with van der Waals surface area (Å²) in [6.07, 6.45) is 3.93. The number of nitrogens with zero attached hydrogens (tertiary/aromatic N) is 2. The largest absolute Gasteiger partial charge is 0.496 e. The van der Waals surface area contributed by atoms with Crippen LogP contribution < -0.4 is 9.64 Å². The quantitative estimate of drug-likeness (QED) is 0.919.